The molecule has 0 aliphatic heterocycles. The van der Waals surface area contributed by atoms with Crippen LogP contribution in [0.15, 0.2) is 73.1 Å². The summed E-state index contributed by atoms with van der Waals surface area (Å²) in [5.74, 6) is -0.538. The molecule has 8 heteroatoms. The standard InChI is InChI=1S/C22H17N5O3/c1-30-21(29)15-7-9-16(10-8-15)25-22-24-13-11-18(27-22)20(28)26-17-6-2-4-14-5-3-12-23-19(14)17/h2-13H,1H3,(H,26,28)(H,24,25,27). The fourth-order valence-corrected chi connectivity index (χ4v) is 2.87. The van der Waals surface area contributed by atoms with Crippen LogP contribution in [-0.4, -0.2) is 33.9 Å². The molecule has 0 spiro atoms. The van der Waals surface area contributed by atoms with Crippen LogP contribution < -0.4 is 10.6 Å². The Morgan fingerprint density at radius 3 is 2.50 bits per heavy atom. The van der Waals surface area contributed by atoms with E-state index in [2.05, 4.69) is 30.3 Å². The maximum absolute atomic E-state index is 12.7. The Kier molecular flexibility index (Phi) is 5.29. The minimum Gasteiger partial charge on any atom is -0.465 e. The summed E-state index contributed by atoms with van der Waals surface area (Å²) < 4.78 is 4.68. The van der Waals surface area contributed by atoms with E-state index >= 15 is 0 Å². The minimum absolute atomic E-state index is 0.201. The van der Waals surface area contributed by atoms with Crippen LogP contribution in [0, 0.1) is 0 Å². The molecule has 0 aliphatic carbocycles. The molecule has 0 radical (unpaired) electrons. The van der Waals surface area contributed by atoms with E-state index < -0.39 is 5.97 Å². The number of amides is 1. The van der Waals surface area contributed by atoms with Gasteiger partial charge >= 0.3 is 5.97 Å². The quantitative estimate of drug-likeness (QED) is 0.492. The zero-order valence-corrected chi connectivity index (χ0v) is 16.0. The first-order chi connectivity index (χ1) is 14.6. The van der Waals surface area contributed by atoms with Crippen molar-refractivity contribution in [1.82, 2.24) is 15.0 Å². The molecule has 4 aromatic rings. The molecule has 1 amide bonds. The number of carbonyl (C=O) groups is 2. The monoisotopic (exact) mass is 399 g/mol. The van der Waals surface area contributed by atoms with Crippen LogP contribution in [0.5, 0.6) is 0 Å². The number of esters is 1. The lowest BCUT2D eigenvalue weighted by Crippen LogP contribution is -2.15. The molecule has 0 atom stereocenters. The topological polar surface area (TPSA) is 106 Å². The van der Waals surface area contributed by atoms with Crippen molar-refractivity contribution in [2.24, 2.45) is 0 Å². The maximum Gasteiger partial charge on any atom is 0.337 e. The van der Waals surface area contributed by atoms with Crippen LogP contribution in [0.4, 0.5) is 17.3 Å². The molecular weight excluding hydrogens is 382 g/mol. The van der Waals surface area contributed by atoms with Gasteiger partial charge in [-0.25, -0.2) is 14.8 Å². The van der Waals surface area contributed by atoms with E-state index in [0.29, 0.717) is 22.5 Å². The summed E-state index contributed by atoms with van der Waals surface area (Å²) in [6, 6.07) is 17.5. The van der Waals surface area contributed by atoms with Crippen molar-refractivity contribution < 1.29 is 14.3 Å². The van der Waals surface area contributed by atoms with Gasteiger partial charge in [0.25, 0.3) is 5.91 Å². The Morgan fingerprint density at radius 2 is 1.70 bits per heavy atom. The number of para-hydroxylation sites is 1. The Labute approximate surface area is 172 Å². The van der Waals surface area contributed by atoms with Gasteiger partial charge in [0.15, 0.2) is 0 Å². The van der Waals surface area contributed by atoms with E-state index in [0.717, 1.165) is 5.39 Å². The molecule has 30 heavy (non-hydrogen) atoms. The van der Waals surface area contributed by atoms with Gasteiger partial charge in [0.1, 0.15) is 5.69 Å². The van der Waals surface area contributed by atoms with E-state index in [1.165, 1.54) is 19.4 Å². The number of pyridine rings is 1. The molecule has 0 fully saturated rings. The fourth-order valence-electron chi connectivity index (χ4n) is 2.87. The number of hydrogen-bond donors (Lipinski definition) is 2. The van der Waals surface area contributed by atoms with Crippen molar-refractivity contribution in [1.29, 1.82) is 0 Å². The largest absolute Gasteiger partial charge is 0.465 e. The van der Waals surface area contributed by atoms with Crippen molar-refractivity contribution in [3.05, 3.63) is 84.3 Å². The average molecular weight is 399 g/mol. The summed E-state index contributed by atoms with van der Waals surface area (Å²) in [4.78, 5) is 37.0. The number of nitrogens with zero attached hydrogens (tertiary/aromatic N) is 3. The summed E-state index contributed by atoms with van der Waals surface area (Å²) in [6.45, 7) is 0. The Balaban J connectivity index is 1.51. The molecule has 2 heterocycles. The predicted molar refractivity (Wildman–Crippen MR) is 113 cm³/mol. The summed E-state index contributed by atoms with van der Waals surface area (Å²) in [5, 5.41) is 6.78. The molecule has 0 aliphatic rings. The molecule has 2 aromatic carbocycles. The second-order valence-corrected chi connectivity index (χ2v) is 6.29. The van der Waals surface area contributed by atoms with Crippen molar-refractivity contribution in [2.75, 3.05) is 17.7 Å². The van der Waals surface area contributed by atoms with E-state index in [1.807, 2.05) is 24.3 Å². The van der Waals surface area contributed by atoms with Crippen LogP contribution in [0.1, 0.15) is 20.8 Å². The van der Waals surface area contributed by atoms with Gasteiger partial charge in [0.05, 0.1) is 23.9 Å². The van der Waals surface area contributed by atoms with E-state index in [9.17, 15) is 9.59 Å². The number of carbonyl (C=O) groups excluding carboxylic acids is 2. The highest BCUT2D eigenvalue weighted by Crippen LogP contribution is 2.21. The molecule has 148 valence electrons. The first-order valence-electron chi connectivity index (χ1n) is 9.07. The fraction of sp³-hybridized carbons (Fsp3) is 0.0455. The molecule has 2 N–H and O–H groups in total. The number of ether oxygens (including phenoxy) is 1. The summed E-state index contributed by atoms with van der Waals surface area (Å²) in [7, 11) is 1.33. The molecule has 0 unspecified atom stereocenters. The van der Waals surface area contributed by atoms with Crippen molar-refractivity contribution >= 4 is 40.1 Å². The second-order valence-electron chi connectivity index (χ2n) is 6.29. The van der Waals surface area contributed by atoms with Gasteiger partial charge in [0.2, 0.25) is 5.95 Å². The lowest BCUT2D eigenvalue weighted by atomic mass is 10.2. The Hall–Kier alpha value is -4.33. The minimum atomic E-state index is -0.417. The molecule has 0 saturated heterocycles. The van der Waals surface area contributed by atoms with Crippen LogP contribution in [-0.2, 0) is 4.74 Å². The molecular formula is C22H17N5O3. The third-order valence-electron chi connectivity index (χ3n) is 4.33. The average Bonchev–Trinajstić information content (AvgIpc) is 2.79. The second kappa shape index (κ2) is 8.36. The summed E-state index contributed by atoms with van der Waals surface area (Å²) in [5.41, 5.74) is 2.60. The number of hydrogen-bond acceptors (Lipinski definition) is 7. The van der Waals surface area contributed by atoms with E-state index in [4.69, 9.17) is 0 Å². The van der Waals surface area contributed by atoms with Gasteiger partial charge in [0, 0.05) is 23.5 Å². The number of rotatable bonds is 5. The van der Waals surface area contributed by atoms with Crippen molar-refractivity contribution in [3.8, 4) is 0 Å². The van der Waals surface area contributed by atoms with Gasteiger partial charge in [-0.1, -0.05) is 18.2 Å². The van der Waals surface area contributed by atoms with Crippen LogP contribution >= 0.6 is 0 Å². The van der Waals surface area contributed by atoms with Gasteiger partial charge in [-0.05, 0) is 42.5 Å². The Bertz CT molecular complexity index is 1220. The first kappa shape index (κ1) is 19.0. The zero-order chi connectivity index (χ0) is 20.9. The third-order valence-corrected chi connectivity index (χ3v) is 4.33. The number of anilines is 3. The van der Waals surface area contributed by atoms with Gasteiger partial charge < -0.3 is 15.4 Å². The summed E-state index contributed by atoms with van der Waals surface area (Å²) >= 11 is 0. The zero-order valence-electron chi connectivity index (χ0n) is 16.0. The molecule has 0 bridgehead atoms. The predicted octanol–water partition coefficient (Wildman–Crippen LogP) is 3.81. The number of methoxy groups -OCH3 is 1. The highest BCUT2D eigenvalue weighted by molar-refractivity contribution is 6.07. The lowest BCUT2D eigenvalue weighted by molar-refractivity contribution is 0.0600. The highest BCUT2D eigenvalue weighted by atomic mass is 16.5. The van der Waals surface area contributed by atoms with Crippen molar-refractivity contribution in [2.45, 2.75) is 0 Å². The number of fused-ring (bicyclic) bond motifs is 1. The SMILES string of the molecule is COC(=O)c1ccc(Nc2nccc(C(=O)Nc3cccc4cccnc34)n2)cc1. The van der Waals surface area contributed by atoms with Gasteiger partial charge in [-0.2, -0.15) is 0 Å². The maximum atomic E-state index is 12.7. The smallest absolute Gasteiger partial charge is 0.337 e. The normalized spacial score (nSPS) is 10.4. The summed E-state index contributed by atoms with van der Waals surface area (Å²) in [6.07, 6.45) is 3.17. The van der Waals surface area contributed by atoms with Crippen molar-refractivity contribution in [3.63, 3.8) is 0 Å². The first-order valence-corrected chi connectivity index (χ1v) is 9.07. The van der Waals surface area contributed by atoms with Gasteiger partial charge in [-0.3, -0.25) is 9.78 Å². The highest BCUT2D eigenvalue weighted by Gasteiger charge is 2.12. The third kappa shape index (κ3) is 4.07. The lowest BCUT2D eigenvalue weighted by Gasteiger charge is -2.09. The van der Waals surface area contributed by atoms with E-state index in [-0.39, 0.29) is 17.5 Å². The van der Waals surface area contributed by atoms with E-state index in [1.54, 1.807) is 36.5 Å². The number of benzene rings is 2. The molecule has 0 saturated carbocycles. The van der Waals surface area contributed by atoms with Crippen LogP contribution in [0.2, 0.25) is 0 Å². The molecule has 8 nitrogen and oxygen atoms in total. The van der Waals surface area contributed by atoms with Gasteiger partial charge in [-0.15, -0.1) is 0 Å². The van der Waals surface area contributed by atoms with Crippen LogP contribution in [0.25, 0.3) is 10.9 Å². The van der Waals surface area contributed by atoms with Crippen LogP contribution in [0.3, 0.4) is 0 Å². The molecule has 2 aromatic heterocycles. The number of aromatic nitrogens is 3. The Morgan fingerprint density at radius 1 is 0.900 bits per heavy atom. The number of nitrogens with one attached hydrogen (secondary N) is 2. The molecule has 4 rings (SSSR count).